The third-order valence-corrected chi connectivity index (χ3v) is 5.10. The topological polar surface area (TPSA) is 101 Å². The van der Waals surface area contributed by atoms with E-state index in [4.69, 9.17) is 5.73 Å². The summed E-state index contributed by atoms with van der Waals surface area (Å²) in [6.07, 6.45) is 6.68. The van der Waals surface area contributed by atoms with Crippen LogP contribution in [0.1, 0.15) is 98.3 Å². The van der Waals surface area contributed by atoms with Crippen molar-refractivity contribution in [3.05, 3.63) is 0 Å². The highest BCUT2D eigenvalue weighted by Crippen LogP contribution is 2.30. The second kappa shape index (κ2) is 13.6. The number of rotatable bonds is 16. The Kier molecular flexibility index (Phi) is 12.8. The van der Waals surface area contributed by atoms with E-state index < -0.39 is 17.4 Å². The number of amides is 2. The van der Waals surface area contributed by atoms with Gasteiger partial charge in [0.05, 0.1) is 0 Å². The lowest BCUT2D eigenvalue weighted by molar-refractivity contribution is -0.161. The fraction of sp³-hybridized carbons (Fsp3) is 0.857. The molecule has 6 heteroatoms. The number of carbonyl (C=O) groups excluding carboxylic acids is 2. The van der Waals surface area contributed by atoms with Crippen LogP contribution in [-0.2, 0) is 14.4 Å². The van der Waals surface area contributed by atoms with Crippen LogP contribution < -0.4 is 5.73 Å². The zero-order valence-corrected chi connectivity index (χ0v) is 17.8. The summed E-state index contributed by atoms with van der Waals surface area (Å²) in [5, 5.41) is 10.1. The number of hydrogen-bond donors (Lipinski definition) is 2. The second-order valence-electron chi connectivity index (χ2n) is 7.95. The Hall–Kier alpha value is -1.59. The minimum absolute atomic E-state index is 0.0285. The average molecular weight is 385 g/mol. The van der Waals surface area contributed by atoms with E-state index in [1.165, 1.54) is 0 Å². The Bertz CT molecular complexity index is 465. The molecule has 0 saturated carbocycles. The lowest BCUT2D eigenvalue weighted by atomic mass is 9.84. The highest BCUT2D eigenvalue weighted by Gasteiger charge is 2.45. The minimum atomic E-state index is -1.34. The number of primary amides is 1. The first-order chi connectivity index (χ1) is 12.7. The van der Waals surface area contributed by atoms with Gasteiger partial charge in [-0.2, -0.15) is 0 Å². The molecular weight excluding hydrogens is 344 g/mol. The molecule has 6 nitrogen and oxygen atoms in total. The first-order valence-electron chi connectivity index (χ1n) is 10.5. The van der Waals surface area contributed by atoms with Crippen molar-refractivity contribution < 1.29 is 19.5 Å². The van der Waals surface area contributed by atoms with Crippen molar-refractivity contribution in [3.63, 3.8) is 0 Å². The first-order valence-corrected chi connectivity index (χ1v) is 10.5. The van der Waals surface area contributed by atoms with E-state index in [1.54, 1.807) is 4.90 Å². The molecule has 0 spiro atoms. The molecule has 0 aromatic heterocycles. The zero-order chi connectivity index (χ0) is 20.9. The van der Waals surface area contributed by atoms with Crippen LogP contribution in [0.25, 0.3) is 0 Å². The molecule has 0 heterocycles. The summed E-state index contributed by atoms with van der Waals surface area (Å²) < 4.78 is 0. The summed E-state index contributed by atoms with van der Waals surface area (Å²) in [6.45, 7) is 8.72. The van der Waals surface area contributed by atoms with Gasteiger partial charge in [-0.15, -0.1) is 0 Å². The van der Waals surface area contributed by atoms with Crippen molar-refractivity contribution in [1.29, 1.82) is 0 Å². The molecular formula is C21H40N2O4. The van der Waals surface area contributed by atoms with Crippen LogP contribution in [0.5, 0.6) is 0 Å². The summed E-state index contributed by atoms with van der Waals surface area (Å²) in [6, 6.07) is 0. The number of carboxylic acids is 1. The predicted octanol–water partition coefficient (Wildman–Crippen LogP) is 4.11. The average Bonchev–Trinajstić information content (AvgIpc) is 2.60. The van der Waals surface area contributed by atoms with Crippen LogP contribution >= 0.6 is 0 Å². The van der Waals surface area contributed by atoms with Gasteiger partial charge in [-0.1, -0.05) is 59.8 Å². The van der Waals surface area contributed by atoms with Gasteiger partial charge < -0.3 is 15.7 Å². The smallest absolute Gasteiger partial charge is 0.329 e. The number of carboxylic acid groups (broad SMARTS) is 1. The number of aliphatic carboxylic acids is 1. The number of nitrogens with two attached hydrogens (primary N) is 1. The molecule has 0 aliphatic rings. The van der Waals surface area contributed by atoms with Gasteiger partial charge in [0.1, 0.15) is 5.54 Å². The van der Waals surface area contributed by atoms with Crippen LogP contribution in [0.2, 0.25) is 0 Å². The van der Waals surface area contributed by atoms with Crippen molar-refractivity contribution in [1.82, 2.24) is 4.90 Å². The molecule has 0 bridgehead atoms. The lowest BCUT2D eigenvalue weighted by Gasteiger charge is -2.41. The van der Waals surface area contributed by atoms with Crippen molar-refractivity contribution in [2.45, 2.75) is 104 Å². The van der Waals surface area contributed by atoms with E-state index in [9.17, 15) is 19.5 Å². The highest BCUT2D eigenvalue weighted by atomic mass is 16.4. The van der Waals surface area contributed by atoms with Gasteiger partial charge in [-0.25, -0.2) is 4.79 Å². The summed E-state index contributed by atoms with van der Waals surface area (Å²) in [7, 11) is 0. The lowest BCUT2D eigenvalue weighted by Crippen LogP contribution is -2.57. The Labute approximate surface area is 164 Å². The quantitative estimate of drug-likeness (QED) is 0.391. The predicted molar refractivity (Wildman–Crippen MR) is 108 cm³/mol. The van der Waals surface area contributed by atoms with Crippen molar-refractivity contribution in [2.24, 2.45) is 11.7 Å². The molecule has 0 fully saturated rings. The Balaban J connectivity index is 5.50. The molecule has 27 heavy (non-hydrogen) atoms. The molecule has 0 aromatic carbocycles. The summed E-state index contributed by atoms with van der Waals surface area (Å²) in [5.41, 5.74) is 3.96. The van der Waals surface area contributed by atoms with Crippen LogP contribution in [0.4, 0.5) is 0 Å². The van der Waals surface area contributed by atoms with Crippen molar-refractivity contribution in [2.75, 3.05) is 6.54 Å². The van der Waals surface area contributed by atoms with Crippen molar-refractivity contribution >= 4 is 17.8 Å². The second-order valence-corrected chi connectivity index (χ2v) is 7.95. The SMILES string of the molecule is CCCCN(C(=O)CCCCC(C)C)[C@@](CCCC)(CCC(N)=O)C(=O)O. The normalized spacial score (nSPS) is 13.4. The van der Waals surface area contributed by atoms with Gasteiger partial charge in [-0.05, 0) is 31.6 Å². The highest BCUT2D eigenvalue weighted by molar-refractivity contribution is 5.88. The Morgan fingerprint density at radius 1 is 0.963 bits per heavy atom. The van der Waals surface area contributed by atoms with E-state index >= 15 is 0 Å². The third kappa shape index (κ3) is 9.25. The standard InChI is InChI=1S/C21H40N2O4/c1-5-7-14-21(20(26)27,15-13-18(22)24)23(16-8-6-2)19(25)12-10-9-11-17(3)4/h17H,5-16H2,1-4H3,(H2,22,24)(H,26,27)/t21-/m0/s1. The van der Waals surface area contributed by atoms with Crippen LogP contribution in [0.3, 0.4) is 0 Å². The summed E-state index contributed by atoms with van der Waals surface area (Å²) >= 11 is 0. The monoisotopic (exact) mass is 384 g/mol. The Morgan fingerprint density at radius 2 is 1.59 bits per heavy atom. The van der Waals surface area contributed by atoms with Gasteiger partial charge >= 0.3 is 5.97 Å². The van der Waals surface area contributed by atoms with E-state index in [-0.39, 0.29) is 18.7 Å². The molecule has 0 saturated heterocycles. The molecule has 0 unspecified atom stereocenters. The van der Waals surface area contributed by atoms with Gasteiger partial charge in [0.25, 0.3) is 0 Å². The summed E-state index contributed by atoms with van der Waals surface area (Å²) in [4.78, 5) is 38.2. The van der Waals surface area contributed by atoms with Crippen LogP contribution in [0, 0.1) is 5.92 Å². The molecule has 0 aliphatic carbocycles. The van der Waals surface area contributed by atoms with Gasteiger partial charge in [-0.3, -0.25) is 9.59 Å². The van der Waals surface area contributed by atoms with Gasteiger partial charge in [0.2, 0.25) is 11.8 Å². The molecule has 0 radical (unpaired) electrons. The maximum absolute atomic E-state index is 13.0. The van der Waals surface area contributed by atoms with E-state index in [1.807, 2.05) is 13.8 Å². The Morgan fingerprint density at radius 3 is 2.07 bits per heavy atom. The first kappa shape index (κ1) is 25.4. The third-order valence-electron chi connectivity index (χ3n) is 5.10. The van der Waals surface area contributed by atoms with Gasteiger partial charge in [0.15, 0.2) is 0 Å². The van der Waals surface area contributed by atoms with E-state index in [2.05, 4.69) is 13.8 Å². The number of carbonyl (C=O) groups is 3. The maximum atomic E-state index is 13.0. The summed E-state index contributed by atoms with van der Waals surface area (Å²) in [5.74, 6) is -1.08. The van der Waals surface area contributed by atoms with Crippen molar-refractivity contribution in [3.8, 4) is 0 Å². The minimum Gasteiger partial charge on any atom is -0.479 e. The molecule has 3 N–H and O–H groups in total. The largest absolute Gasteiger partial charge is 0.479 e. The number of nitrogens with zero attached hydrogens (tertiary/aromatic N) is 1. The fourth-order valence-corrected chi connectivity index (χ4v) is 3.38. The molecule has 0 rings (SSSR count). The van der Waals surface area contributed by atoms with E-state index in [0.717, 1.165) is 38.5 Å². The zero-order valence-electron chi connectivity index (χ0n) is 17.8. The number of hydrogen-bond acceptors (Lipinski definition) is 3. The van der Waals surface area contributed by atoms with E-state index in [0.29, 0.717) is 31.7 Å². The molecule has 0 aromatic rings. The maximum Gasteiger partial charge on any atom is 0.329 e. The van der Waals surface area contributed by atoms with Crippen LogP contribution in [0.15, 0.2) is 0 Å². The fourth-order valence-electron chi connectivity index (χ4n) is 3.38. The molecule has 158 valence electrons. The molecule has 0 aliphatic heterocycles. The molecule has 2 amide bonds. The van der Waals surface area contributed by atoms with Gasteiger partial charge in [0, 0.05) is 19.4 Å². The number of unbranched alkanes of at least 4 members (excludes halogenated alkanes) is 3. The molecule has 1 atom stereocenters. The van der Waals surface area contributed by atoms with Crippen LogP contribution in [-0.4, -0.2) is 39.9 Å².